The Morgan fingerprint density at radius 2 is 1.76 bits per heavy atom. The van der Waals surface area contributed by atoms with Crippen molar-refractivity contribution in [1.82, 2.24) is 4.98 Å². The number of benzene rings is 1. The van der Waals surface area contributed by atoms with E-state index >= 15 is 0 Å². The molecule has 1 aromatic carbocycles. The molecule has 0 radical (unpaired) electrons. The average molecular weight is 488 g/mol. The molecule has 0 N–H and O–H groups in total. The van der Waals surface area contributed by atoms with Crippen LogP contribution in [0.1, 0.15) is 97.7 Å². The number of carbonyl (C=O) groups excluding carboxylic acids is 1. The summed E-state index contributed by atoms with van der Waals surface area (Å²) in [5.74, 6) is 0.518. The molecule has 0 spiro atoms. The van der Waals surface area contributed by atoms with Crippen molar-refractivity contribution in [1.29, 1.82) is 0 Å². The van der Waals surface area contributed by atoms with E-state index in [2.05, 4.69) is 39.6 Å². The Labute approximate surface area is 209 Å². The molecule has 3 aromatic rings. The number of rotatable bonds is 5. The van der Waals surface area contributed by atoms with E-state index in [1.165, 1.54) is 38.3 Å². The van der Waals surface area contributed by atoms with Crippen LogP contribution in [-0.4, -0.2) is 10.8 Å². The minimum absolute atomic E-state index is 0.0676. The first-order chi connectivity index (χ1) is 15.6. The number of carbonyl (C=O) groups is 1. The largest absolute Gasteiger partial charge is 0.451 e. The van der Waals surface area contributed by atoms with Gasteiger partial charge < -0.3 is 4.42 Å². The van der Waals surface area contributed by atoms with Gasteiger partial charge in [-0.1, -0.05) is 85.9 Å². The molecular formula is C29H39ClFNO2. The van der Waals surface area contributed by atoms with E-state index < -0.39 is 5.82 Å². The normalized spacial score (nSPS) is 12.9. The molecule has 186 valence electrons. The summed E-state index contributed by atoms with van der Waals surface area (Å²) < 4.78 is 19.5. The number of ketones is 1. The third kappa shape index (κ3) is 7.66. The lowest BCUT2D eigenvalue weighted by Gasteiger charge is -2.22. The molecule has 0 saturated heterocycles. The maximum Gasteiger partial charge on any atom is 0.195 e. The van der Waals surface area contributed by atoms with E-state index in [4.69, 9.17) is 16.0 Å². The van der Waals surface area contributed by atoms with Gasteiger partial charge in [0, 0.05) is 24.1 Å². The van der Waals surface area contributed by atoms with E-state index in [0.717, 1.165) is 11.5 Å². The van der Waals surface area contributed by atoms with Crippen LogP contribution in [0.25, 0.3) is 22.4 Å². The highest BCUT2D eigenvalue weighted by molar-refractivity contribution is 6.30. The van der Waals surface area contributed by atoms with Gasteiger partial charge in [-0.2, -0.15) is 0 Å². The summed E-state index contributed by atoms with van der Waals surface area (Å²) in [6, 6.07) is 8.08. The van der Waals surface area contributed by atoms with Gasteiger partial charge in [0.15, 0.2) is 17.1 Å². The van der Waals surface area contributed by atoms with E-state index in [9.17, 15) is 9.18 Å². The van der Waals surface area contributed by atoms with Crippen LogP contribution in [0.15, 0.2) is 34.7 Å². The number of Topliss-reactive ketones (excluding diaryl/α,β-unsaturated/α-hetero) is 1. The predicted molar refractivity (Wildman–Crippen MR) is 141 cm³/mol. The summed E-state index contributed by atoms with van der Waals surface area (Å²) in [6.45, 7) is 19.2. The number of furan rings is 1. The Kier molecular flexibility index (Phi) is 9.10. The molecule has 5 heteroatoms. The van der Waals surface area contributed by atoms with Crippen LogP contribution in [0.3, 0.4) is 0 Å². The lowest BCUT2D eigenvalue weighted by molar-refractivity contribution is 0.0989. The lowest BCUT2D eigenvalue weighted by atomic mass is 9.84. The zero-order valence-electron chi connectivity index (χ0n) is 22.1. The molecule has 34 heavy (non-hydrogen) atoms. The fourth-order valence-electron chi connectivity index (χ4n) is 4.20. The van der Waals surface area contributed by atoms with E-state index in [1.54, 1.807) is 12.1 Å². The Morgan fingerprint density at radius 1 is 1.12 bits per heavy atom. The van der Waals surface area contributed by atoms with Crippen LogP contribution in [0.2, 0.25) is 5.02 Å². The summed E-state index contributed by atoms with van der Waals surface area (Å²) in [6.07, 6.45) is 4.08. The van der Waals surface area contributed by atoms with E-state index in [-0.39, 0.29) is 22.0 Å². The van der Waals surface area contributed by atoms with Crippen molar-refractivity contribution >= 4 is 28.5 Å². The zero-order valence-corrected chi connectivity index (χ0v) is 22.9. The Bertz CT molecular complexity index is 1140. The van der Waals surface area contributed by atoms with Gasteiger partial charge in [0.2, 0.25) is 0 Å². The van der Waals surface area contributed by atoms with Crippen molar-refractivity contribution in [3.8, 4) is 11.3 Å². The molecule has 0 aliphatic carbocycles. The number of aromatic nitrogens is 1. The summed E-state index contributed by atoms with van der Waals surface area (Å²) in [7, 11) is 0. The van der Waals surface area contributed by atoms with Crippen molar-refractivity contribution < 1.29 is 13.6 Å². The predicted octanol–water partition coefficient (Wildman–Crippen LogP) is 9.65. The van der Waals surface area contributed by atoms with Crippen molar-refractivity contribution in [3.63, 3.8) is 0 Å². The number of nitrogens with zero attached hydrogens (tertiary/aromatic N) is 1. The van der Waals surface area contributed by atoms with Crippen LogP contribution in [0.4, 0.5) is 4.39 Å². The molecule has 2 aromatic heterocycles. The number of hydrogen-bond donors (Lipinski definition) is 0. The number of hydrogen-bond acceptors (Lipinski definition) is 3. The SMILES string of the molecule is CC(=O)c1cc2nc(-c3ccc(Cl)c(F)c3)cc(C(C)(C)C)c2o1.CCCC(C)CC(C)(C)C. The number of halogens is 2. The minimum Gasteiger partial charge on any atom is -0.451 e. The van der Waals surface area contributed by atoms with Crippen LogP contribution in [-0.2, 0) is 5.41 Å². The number of pyridine rings is 1. The van der Waals surface area contributed by atoms with Crippen molar-refractivity contribution in [2.24, 2.45) is 11.3 Å². The standard InChI is InChI=1S/C19H17ClFNO2.C10H22/c1-10(23)17-9-16-18(24-17)12(19(2,3)4)8-15(22-16)11-5-6-13(20)14(21)7-11;1-6-7-9(2)8-10(3,4)5/h5-9H,1-4H3;9H,6-8H2,1-5H3. The molecule has 1 unspecified atom stereocenters. The minimum atomic E-state index is -0.495. The summed E-state index contributed by atoms with van der Waals surface area (Å²) in [4.78, 5) is 16.2. The number of fused-ring (bicyclic) bond motifs is 1. The average Bonchev–Trinajstić information content (AvgIpc) is 3.12. The third-order valence-corrected chi connectivity index (χ3v) is 5.90. The molecule has 3 rings (SSSR count). The highest BCUT2D eigenvalue weighted by Crippen LogP contribution is 2.35. The molecule has 0 aliphatic rings. The van der Waals surface area contributed by atoms with Crippen LogP contribution >= 0.6 is 11.6 Å². The quantitative estimate of drug-likeness (QED) is 0.336. The molecule has 3 nitrogen and oxygen atoms in total. The summed E-state index contributed by atoms with van der Waals surface area (Å²) in [5, 5.41) is 0.0676. The van der Waals surface area contributed by atoms with Gasteiger partial charge in [0.25, 0.3) is 0 Å². The topological polar surface area (TPSA) is 43.1 Å². The van der Waals surface area contributed by atoms with Gasteiger partial charge in [-0.25, -0.2) is 9.37 Å². The van der Waals surface area contributed by atoms with Gasteiger partial charge in [-0.3, -0.25) is 4.79 Å². The second-order valence-corrected chi connectivity index (χ2v) is 11.9. The molecule has 0 bridgehead atoms. The smallest absolute Gasteiger partial charge is 0.195 e. The highest BCUT2D eigenvalue weighted by Gasteiger charge is 2.23. The third-order valence-electron chi connectivity index (χ3n) is 5.59. The fourth-order valence-corrected chi connectivity index (χ4v) is 4.31. The first-order valence-corrected chi connectivity index (χ1v) is 12.4. The Hall–Kier alpha value is -2.20. The van der Waals surface area contributed by atoms with Crippen molar-refractivity contribution in [2.45, 2.75) is 87.0 Å². The Balaban J connectivity index is 0.000000347. The van der Waals surface area contributed by atoms with Crippen LogP contribution < -0.4 is 0 Å². The lowest BCUT2D eigenvalue weighted by Crippen LogP contribution is -2.12. The molecular weight excluding hydrogens is 449 g/mol. The van der Waals surface area contributed by atoms with Crippen molar-refractivity contribution in [2.75, 3.05) is 0 Å². The molecule has 0 amide bonds. The van der Waals surface area contributed by atoms with Crippen molar-refractivity contribution in [3.05, 3.63) is 52.5 Å². The monoisotopic (exact) mass is 487 g/mol. The zero-order chi connectivity index (χ0) is 25.8. The molecule has 0 aliphatic heterocycles. The molecule has 0 saturated carbocycles. The summed E-state index contributed by atoms with van der Waals surface area (Å²) in [5.41, 5.74) is 3.60. The molecule has 2 heterocycles. The van der Waals surface area contributed by atoms with Gasteiger partial charge in [-0.15, -0.1) is 0 Å². The first-order valence-electron chi connectivity index (χ1n) is 12.0. The van der Waals surface area contributed by atoms with E-state index in [0.29, 0.717) is 27.8 Å². The van der Waals surface area contributed by atoms with Gasteiger partial charge in [0.1, 0.15) is 11.3 Å². The second kappa shape index (κ2) is 11.0. The van der Waals surface area contributed by atoms with Gasteiger partial charge in [-0.05, 0) is 41.4 Å². The molecule has 0 fully saturated rings. The maximum absolute atomic E-state index is 13.8. The maximum atomic E-state index is 13.8. The first kappa shape index (κ1) is 28.0. The molecule has 1 atom stereocenters. The summed E-state index contributed by atoms with van der Waals surface area (Å²) >= 11 is 5.76. The fraction of sp³-hybridized carbons (Fsp3) is 0.517. The highest BCUT2D eigenvalue weighted by atomic mass is 35.5. The van der Waals surface area contributed by atoms with Gasteiger partial charge >= 0.3 is 0 Å². The second-order valence-electron chi connectivity index (χ2n) is 11.5. The van der Waals surface area contributed by atoms with E-state index in [1.807, 2.05) is 26.8 Å². The van der Waals surface area contributed by atoms with Crippen LogP contribution in [0, 0.1) is 17.2 Å². The van der Waals surface area contributed by atoms with Gasteiger partial charge in [0.05, 0.1) is 10.7 Å². The Morgan fingerprint density at radius 3 is 2.26 bits per heavy atom. The van der Waals surface area contributed by atoms with Crippen LogP contribution in [0.5, 0.6) is 0 Å².